The van der Waals surface area contributed by atoms with Crippen LogP contribution >= 0.6 is 0 Å². The molecule has 0 aromatic heterocycles. The van der Waals surface area contributed by atoms with Crippen molar-refractivity contribution >= 4 is 21.6 Å². The predicted molar refractivity (Wildman–Crippen MR) is 96.2 cm³/mol. The molecule has 0 aliphatic carbocycles. The highest BCUT2D eigenvalue weighted by Gasteiger charge is 2.29. The molecular formula is C17H25N3O4S. The summed E-state index contributed by atoms with van der Waals surface area (Å²) >= 11 is 0. The molecule has 0 radical (unpaired) electrons. The molecule has 25 heavy (non-hydrogen) atoms. The quantitative estimate of drug-likeness (QED) is 0.746. The lowest BCUT2D eigenvalue weighted by Gasteiger charge is -2.26. The van der Waals surface area contributed by atoms with Crippen molar-refractivity contribution in [2.75, 3.05) is 56.0 Å². The van der Waals surface area contributed by atoms with Crippen LogP contribution in [0.5, 0.6) is 0 Å². The van der Waals surface area contributed by atoms with E-state index in [4.69, 9.17) is 4.74 Å². The molecule has 1 N–H and O–H groups in total. The summed E-state index contributed by atoms with van der Waals surface area (Å²) in [6.45, 7) is 4.96. The molecule has 1 aromatic rings. The van der Waals surface area contributed by atoms with Crippen molar-refractivity contribution in [3.8, 4) is 0 Å². The zero-order valence-corrected chi connectivity index (χ0v) is 15.1. The lowest BCUT2D eigenvalue weighted by Crippen LogP contribution is -2.41. The lowest BCUT2D eigenvalue weighted by molar-refractivity contribution is -0.120. The fraction of sp³-hybridized carbons (Fsp3) is 0.588. The van der Waals surface area contributed by atoms with Crippen LogP contribution in [-0.2, 0) is 26.0 Å². The molecule has 1 saturated heterocycles. The Morgan fingerprint density at radius 1 is 1.16 bits per heavy atom. The van der Waals surface area contributed by atoms with E-state index in [-0.39, 0.29) is 18.1 Å². The molecule has 2 heterocycles. The van der Waals surface area contributed by atoms with E-state index < -0.39 is 10.0 Å². The summed E-state index contributed by atoms with van der Waals surface area (Å²) in [4.78, 5) is 14.2. The van der Waals surface area contributed by atoms with Crippen LogP contribution in [0.4, 0.5) is 5.69 Å². The van der Waals surface area contributed by atoms with Crippen molar-refractivity contribution in [3.63, 3.8) is 0 Å². The van der Waals surface area contributed by atoms with Crippen LogP contribution in [0.3, 0.4) is 0 Å². The van der Waals surface area contributed by atoms with Gasteiger partial charge < -0.3 is 10.1 Å². The molecule has 0 unspecified atom stereocenters. The Morgan fingerprint density at radius 2 is 1.92 bits per heavy atom. The van der Waals surface area contributed by atoms with Gasteiger partial charge in [-0.15, -0.1) is 0 Å². The number of carbonyl (C=O) groups excluding carboxylic acids is 1. The third-order valence-corrected chi connectivity index (χ3v) is 6.39. The Balaban J connectivity index is 1.43. The van der Waals surface area contributed by atoms with Gasteiger partial charge in [0.15, 0.2) is 0 Å². The van der Waals surface area contributed by atoms with Crippen LogP contribution in [-0.4, -0.2) is 70.9 Å². The first-order chi connectivity index (χ1) is 12.1. The van der Waals surface area contributed by atoms with Crippen molar-refractivity contribution in [3.05, 3.63) is 29.8 Å². The number of ether oxygens (including phenoxy) is 1. The average Bonchev–Trinajstić information content (AvgIpc) is 3.06. The third kappa shape index (κ3) is 4.71. The minimum atomic E-state index is -3.47. The fourth-order valence-corrected chi connectivity index (χ4v) is 4.71. The number of para-hydroxylation sites is 1. The predicted octanol–water partition coefficient (Wildman–Crippen LogP) is 0.217. The second-order valence-corrected chi connectivity index (χ2v) is 8.33. The third-order valence-electron chi connectivity index (χ3n) is 4.62. The highest BCUT2D eigenvalue weighted by molar-refractivity contribution is 7.92. The van der Waals surface area contributed by atoms with Crippen molar-refractivity contribution in [2.45, 2.75) is 12.8 Å². The van der Waals surface area contributed by atoms with Crippen LogP contribution in [0.15, 0.2) is 24.3 Å². The normalized spacial score (nSPS) is 18.2. The van der Waals surface area contributed by atoms with Gasteiger partial charge in [0.2, 0.25) is 15.9 Å². The molecule has 0 spiro atoms. The van der Waals surface area contributed by atoms with Crippen LogP contribution in [0.2, 0.25) is 0 Å². The molecule has 1 amide bonds. The van der Waals surface area contributed by atoms with Crippen LogP contribution in [0.25, 0.3) is 0 Å². The smallest absolute Gasteiger partial charge is 0.235 e. The van der Waals surface area contributed by atoms with E-state index in [1.807, 2.05) is 24.3 Å². The van der Waals surface area contributed by atoms with Gasteiger partial charge >= 0.3 is 0 Å². The Hall–Kier alpha value is -1.64. The van der Waals surface area contributed by atoms with Crippen molar-refractivity contribution < 1.29 is 17.9 Å². The van der Waals surface area contributed by atoms with Gasteiger partial charge in [-0.25, -0.2) is 8.42 Å². The average molecular weight is 367 g/mol. The van der Waals surface area contributed by atoms with E-state index in [1.54, 1.807) is 0 Å². The van der Waals surface area contributed by atoms with Gasteiger partial charge in [0.05, 0.1) is 24.7 Å². The Morgan fingerprint density at radius 3 is 2.72 bits per heavy atom. The maximum absolute atomic E-state index is 12.5. The number of carbonyl (C=O) groups is 1. The Bertz CT molecular complexity index is 702. The minimum absolute atomic E-state index is 0.00981. The SMILES string of the molecule is O=C(CCS(=O)(=O)N1CCc2ccccc21)NCCN1CCOCC1. The van der Waals surface area contributed by atoms with Gasteiger partial charge in [0.25, 0.3) is 0 Å². The molecule has 0 atom stereocenters. The number of hydrogen-bond donors (Lipinski definition) is 1. The highest BCUT2D eigenvalue weighted by Crippen LogP contribution is 2.30. The maximum Gasteiger partial charge on any atom is 0.235 e. The number of sulfonamides is 1. The van der Waals surface area contributed by atoms with Crippen molar-refractivity contribution in [1.82, 2.24) is 10.2 Å². The first-order valence-electron chi connectivity index (χ1n) is 8.71. The second kappa shape index (κ2) is 8.16. The second-order valence-electron chi connectivity index (χ2n) is 6.32. The molecule has 0 bridgehead atoms. The standard InChI is InChI=1S/C17H25N3O4S/c21-17(18-7-9-19-10-12-24-13-11-19)6-14-25(22,23)20-8-5-15-3-1-2-4-16(15)20/h1-4H,5-14H2,(H,18,21). The number of benzene rings is 1. The fourth-order valence-electron chi connectivity index (χ4n) is 3.20. The van der Waals surface area contributed by atoms with E-state index in [9.17, 15) is 13.2 Å². The molecule has 3 rings (SSSR count). The van der Waals surface area contributed by atoms with Crippen LogP contribution in [0, 0.1) is 0 Å². The van der Waals surface area contributed by atoms with Crippen LogP contribution < -0.4 is 9.62 Å². The number of nitrogens with zero attached hydrogens (tertiary/aromatic N) is 2. The van der Waals surface area contributed by atoms with Gasteiger partial charge in [-0.3, -0.25) is 14.0 Å². The zero-order chi connectivity index (χ0) is 17.7. The molecule has 7 nitrogen and oxygen atoms in total. The topological polar surface area (TPSA) is 79.0 Å². The van der Waals surface area contributed by atoms with Crippen molar-refractivity contribution in [2.24, 2.45) is 0 Å². The minimum Gasteiger partial charge on any atom is -0.379 e. The van der Waals surface area contributed by atoms with Gasteiger partial charge in [-0.05, 0) is 18.1 Å². The van der Waals surface area contributed by atoms with E-state index in [2.05, 4.69) is 10.2 Å². The van der Waals surface area contributed by atoms with Crippen LogP contribution in [0.1, 0.15) is 12.0 Å². The monoisotopic (exact) mass is 367 g/mol. The Kier molecular flexibility index (Phi) is 5.93. The van der Waals surface area contributed by atoms with E-state index in [1.165, 1.54) is 4.31 Å². The molecule has 8 heteroatoms. The summed E-state index contributed by atoms with van der Waals surface area (Å²) in [5.41, 5.74) is 1.79. The van der Waals surface area contributed by atoms with E-state index >= 15 is 0 Å². The van der Waals surface area contributed by atoms with Gasteiger partial charge in [0.1, 0.15) is 0 Å². The van der Waals surface area contributed by atoms with Crippen molar-refractivity contribution in [1.29, 1.82) is 0 Å². The number of rotatable bonds is 7. The largest absolute Gasteiger partial charge is 0.379 e. The van der Waals surface area contributed by atoms with Gasteiger partial charge in [-0.2, -0.15) is 0 Å². The highest BCUT2D eigenvalue weighted by atomic mass is 32.2. The molecular weight excluding hydrogens is 342 g/mol. The number of morpholine rings is 1. The lowest BCUT2D eigenvalue weighted by atomic mass is 10.2. The summed E-state index contributed by atoms with van der Waals surface area (Å²) in [6.07, 6.45) is 0.714. The number of fused-ring (bicyclic) bond motifs is 1. The zero-order valence-electron chi connectivity index (χ0n) is 14.3. The summed E-state index contributed by atoms with van der Waals surface area (Å²) in [5.74, 6) is -0.380. The first-order valence-corrected chi connectivity index (χ1v) is 10.3. The summed E-state index contributed by atoms with van der Waals surface area (Å²) < 4.78 is 31.8. The van der Waals surface area contributed by atoms with Gasteiger partial charge in [-0.1, -0.05) is 18.2 Å². The number of nitrogens with one attached hydrogen (secondary N) is 1. The maximum atomic E-state index is 12.5. The molecule has 2 aliphatic heterocycles. The molecule has 2 aliphatic rings. The number of hydrogen-bond acceptors (Lipinski definition) is 5. The summed E-state index contributed by atoms with van der Waals surface area (Å²) in [5, 5.41) is 2.81. The summed E-state index contributed by atoms with van der Waals surface area (Å²) in [6, 6.07) is 7.52. The Labute approximate surface area is 149 Å². The number of amides is 1. The first kappa shape index (κ1) is 18.2. The number of anilines is 1. The molecule has 1 aromatic carbocycles. The molecule has 1 fully saturated rings. The van der Waals surface area contributed by atoms with E-state index in [0.29, 0.717) is 13.1 Å². The van der Waals surface area contributed by atoms with Gasteiger partial charge in [0, 0.05) is 39.1 Å². The van der Waals surface area contributed by atoms with E-state index in [0.717, 1.165) is 50.5 Å². The molecule has 138 valence electrons. The summed E-state index contributed by atoms with van der Waals surface area (Å²) in [7, 11) is -3.47. The molecule has 0 saturated carbocycles.